The molecule has 34 heavy (non-hydrogen) atoms. The number of carbonyl (C=O) groups excluding carboxylic acids is 1. The number of para-hydroxylation sites is 2. The number of anilines is 2. The Kier molecular flexibility index (Phi) is 8.41. The van der Waals surface area contributed by atoms with E-state index >= 15 is 0 Å². The highest BCUT2D eigenvalue weighted by molar-refractivity contribution is 6.06. The zero-order valence-corrected chi connectivity index (χ0v) is 20.5. The normalized spacial score (nSPS) is 19.1. The molecule has 2 atom stereocenters. The number of amides is 1. The van der Waals surface area contributed by atoms with Crippen LogP contribution in [-0.4, -0.2) is 11.4 Å². The van der Waals surface area contributed by atoms with Gasteiger partial charge in [-0.1, -0.05) is 125 Å². The minimum atomic E-state index is -0.569. The van der Waals surface area contributed by atoms with Crippen LogP contribution in [-0.2, 0) is 4.79 Å². The summed E-state index contributed by atoms with van der Waals surface area (Å²) in [5.74, 6) is 0.0966. The first-order valence-electron chi connectivity index (χ1n) is 13.0. The number of nitrogens with zero attached hydrogens (tertiary/aromatic N) is 1. The van der Waals surface area contributed by atoms with Crippen molar-refractivity contribution in [3.05, 3.63) is 96.6 Å². The molecule has 1 fully saturated rings. The van der Waals surface area contributed by atoms with Gasteiger partial charge in [0.25, 0.3) is 5.91 Å². The van der Waals surface area contributed by atoms with E-state index < -0.39 is 5.54 Å². The van der Waals surface area contributed by atoms with Gasteiger partial charge in [0.2, 0.25) is 0 Å². The summed E-state index contributed by atoms with van der Waals surface area (Å²) < 4.78 is 0. The number of rotatable bonds is 13. The van der Waals surface area contributed by atoms with Crippen LogP contribution < -0.4 is 10.2 Å². The van der Waals surface area contributed by atoms with E-state index in [-0.39, 0.29) is 11.9 Å². The summed E-state index contributed by atoms with van der Waals surface area (Å²) in [4.78, 5) is 16.3. The number of hydrogen-bond donors (Lipinski definition) is 1. The Morgan fingerprint density at radius 1 is 0.735 bits per heavy atom. The number of unbranched alkanes of at least 4 members (excludes halogenated alkanes) is 7. The second kappa shape index (κ2) is 11.9. The van der Waals surface area contributed by atoms with E-state index in [2.05, 4.69) is 65.7 Å². The van der Waals surface area contributed by atoms with Crippen molar-refractivity contribution in [1.29, 1.82) is 0 Å². The average molecular weight is 455 g/mol. The van der Waals surface area contributed by atoms with Gasteiger partial charge in [-0.25, -0.2) is 0 Å². The highest BCUT2D eigenvalue weighted by atomic mass is 16.2. The third kappa shape index (κ3) is 5.52. The molecule has 1 amide bonds. The molecule has 178 valence electrons. The molecule has 0 saturated carbocycles. The van der Waals surface area contributed by atoms with Crippen molar-refractivity contribution in [3.63, 3.8) is 0 Å². The first-order valence-corrected chi connectivity index (χ1v) is 13.0. The Hall–Kier alpha value is -3.07. The largest absolute Gasteiger partial charge is 0.345 e. The summed E-state index contributed by atoms with van der Waals surface area (Å²) in [6.45, 7) is 2.26. The van der Waals surface area contributed by atoms with Gasteiger partial charge < -0.3 is 10.2 Å². The molecule has 0 aliphatic carbocycles. The molecule has 0 radical (unpaired) electrons. The lowest BCUT2D eigenvalue weighted by atomic mass is 9.92. The monoisotopic (exact) mass is 454 g/mol. The molecule has 1 N–H and O–H groups in total. The van der Waals surface area contributed by atoms with Crippen LogP contribution >= 0.6 is 0 Å². The molecular formula is C31H38N2O. The van der Waals surface area contributed by atoms with Crippen molar-refractivity contribution in [2.45, 2.75) is 76.3 Å². The van der Waals surface area contributed by atoms with E-state index in [9.17, 15) is 4.79 Å². The van der Waals surface area contributed by atoms with E-state index in [1.807, 2.05) is 42.5 Å². The minimum absolute atomic E-state index is 0.0457. The predicted octanol–water partition coefficient (Wildman–Crippen LogP) is 8.16. The fourth-order valence-electron chi connectivity index (χ4n) is 5.25. The first-order chi connectivity index (χ1) is 16.8. The summed E-state index contributed by atoms with van der Waals surface area (Å²) >= 11 is 0. The molecule has 0 aromatic heterocycles. The molecule has 3 nitrogen and oxygen atoms in total. The molecule has 0 bridgehead atoms. The predicted molar refractivity (Wildman–Crippen MR) is 143 cm³/mol. The van der Waals surface area contributed by atoms with Gasteiger partial charge in [-0.15, -0.1) is 0 Å². The maximum absolute atomic E-state index is 13.9. The fourth-order valence-corrected chi connectivity index (χ4v) is 5.25. The molecule has 1 heterocycles. The number of hydrogen-bond acceptors (Lipinski definition) is 2. The van der Waals surface area contributed by atoms with Gasteiger partial charge in [-0.3, -0.25) is 4.79 Å². The van der Waals surface area contributed by atoms with Crippen molar-refractivity contribution < 1.29 is 4.79 Å². The van der Waals surface area contributed by atoms with Gasteiger partial charge in [-0.2, -0.15) is 0 Å². The van der Waals surface area contributed by atoms with Crippen LogP contribution in [0.25, 0.3) is 0 Å². The smallest absolute Gasteiger partial charge is 0.252 e. The van der Waals surface area contributed by atoms with Crippen LogP contribution in [0.15, 0.2) is 91.0 Å². The zero-order valence-electron chi connectivity index (χ0n) is 20.5. The maximum Gasteiger partial charge on any atom is 0.252 e. The average Bonchev–Trinajstić information content (AvgIpc) is 3.57. The first kappa shape index (κ1) is 24.1. The molecular weight excluding hydrogens is 416 g/mol. The van der Waals surface area contributed by atoms with Gasteiger partial charge in [0.15, 0.2) is 0 Å². The summed E-state index contributed by atoms with van der Waals surface area (Å²) in [5, 5.41) is 3.24. The molecule has 4 rings (SSSR count). The molecule has 3 aromatic rings. The summed E-state index contributed by atoms with van der Waals surface area (Å²) in [7, 11) is 0. The molecule has 0 unspecified atom stereocenters. The van der Waals surface area contributed by atoms with Gasteiger partial charge in [0.05, 0.1) is 6.04 Å². The van der Waals surface area contributed by atoms with Crippen molar-refractivity contribution in [1.82, 2.24) is 0 Å². The lowest BCUT2D eigenvalue weighted by Crippen LogP contribution is -2.35. The molecule has 3 aromatic carbocycles. The van der Waals surface area contributed by atoms with Gasteiger partial charge >= 0.3 is 0 Å². The Morgan fingerprint density at radius 2 is 1.26 bits per heavy atom. The lowest BCUT2D eigenvalue weighted by Gasteiger charge is -2.18. The Balaban J connectivity index is 1.55. The van der Waals surface area contributed by atoms with Crippen LogP contribution in [0.3, 0.4) is 0 Å². The highest BCUT2D eigenvalue weighted by Gasteiger charge is 2.67. The van der Waals surface area contributed by atoms with E-state index in [1.165, 1.54) is 50.5 Å². The van der Waals surface area contributed by atoms with Gasteiger partial charge in [0, 0.05) is 11.4 Å². The highest BCUT2D eigenvalue weighted by Crippen LogP contribution is 2.59. The lowest BCUT2D eigenvalue weighted by molar-refractivity contribution is -0.118. The molecule has 0 spiro atoms. The standard InChI is InChI=1S/C31H38N2O/c1-2-3-4-5-6-7-8-18-25-31(30(34)32-27-21-14-10-15-22-27)29(26-19-12-9-13-20-26)33(31)28-23-16-11-17-24-28/h9-17,19-24,29H,2-8,18,25H2,1H3,(H,32,34)/t29-,31+,33?/m1/s1. The van der Waals surface area contributed by atoms with E-state index in [0.29, 0.717) is 0 Å². The molecule has 1 saturated heterocycles. The van der Waals surface area contributed by atoms with Crippen molar-refractivity contribution in [2.24, 2.45) is 0 Å². The second-order valence-corrected chi connectivity index (χ2v) is 9.49. The second-order valence-electron chi connectivity index (χ2n) is 9.49. The quantitative estimate of drug-likeness (QED) is 0.209. The fraction of sp³-hybridized carbons (Fsp3) is 0.387. The topological polar surface area (TPSA) is 32.1 Å². The number of benzene rings is 3. The van der Waals surface area contributed by atoms with Crippen LogP contribution in [0.1, 0.15) is 76.3 Å². The van der Waals surface area contributed by atoms with Crippen LogP contribution in [0, 0.1) is 0 Å². The van der Waals surface area contributed by atoms with Crippen molar-refractivity contribution >= 4 is 17.3 Å². The van der Waals surface area contributed by atoms with E-state index in [0.717, 1.165) is 24.2 Å². The molecule has 3 heteroatoms. The van der Waals surface area contributed by atoms with Crippen molar-refractivity contribution in [2.75, 3.05) is 10.2 Å². The van der Waals surface area contributed by atoms with E-state index in [4.69, 9.17) is 0 Å². The maximum atomic E-state index is 13.9. The van der Waals surface area contributed by atoms with E-state index in [1.54, 1.807) is 0 Å². The Labute approximate surface area is 205 Å². The Morgan fingerprint density at radius 3 is 1.88 bits per heavy atom. The summed E-state index contributed by atoms with van der Waals surface area (Å²) in [6.07, 6.45) is 10.9. The third-order valence-corrected chi connectivity index (χ3v) is 7.06. The van der Waals surface area contributed by atoms with Crippen LogP contribution in [0.5, 0.6) is 0 Å². The van der Waals surface area contributed by atoms with Crippen LogP contribution in [0.2, 0.25) is 0 Å². The minimum Gasteiger partial charge on any atom is -0.345 e. The summed E-state index contributed by atoms with van der Waals surface area (Å²) in [5.41, 5.74) is 2.60. The zero-order chi connectivity index (χ0) is 23.6. The molecule has 1 aliphatic heterocycles. The SMILES string of the molecule is CCCCCCCCCC[C@@]1(C(=O)Nc2ccccc2)[C@@H](c2ccccc2)N1c1ccccc1. The third-order valence-electron chi connectivity index (χ3n) is 7.06. The van der Waals surface area contributed by atoms with Crippen molar-refractivity contribution in [3.8, 4) is 0 Å². The molecule has 1 aliphatic rings. The van der Waals surface area contributed by atoms with Gasteiger partial charge in [-0.05, 0) is 36.2 Å². The number of nitrogens with one attached hydrogen (secondary N) is 1. The number of carbonyl (C=O) groups is 1. The summed E-state index contributed by atoms with van der Waals surface area (Å²) in [6, 6.07) is 30.8. The van der Waals surface area contributed by atoms with Crippen LogP contribution in [0.4, 0.5) is 11.4 Å². The Bertz CT molecular complexity index is 958. The van der Waals surface area contributed by atoms with Gasteiger partial charge in [0.1, 0.15) is 5.54 Å².